The molecule has 0 spiro atoms. The van der Waals surface area contributed by atoms with Gasteiger partial charge in [0.15, 0.2) is 0 Å². The average molecular weight is 258 g/mol. The lowest BCUT2D eigenvalue weighted by atomic mass is 10.1. The maximum absolute atomic E-state index is 5.76. The summed E-state index contributed by atoms with van der Waals surface area (Å²) in [5.41, 5.74) is 9.11. The van der Waals surface area contributed by atoms with E-state index in [-0.39, 0.29) is 0 Å². The van der Waals surface area contributed by atoms with E-state index in [1.54, 1.807) is 0 Å². The molecule has 2 aromatic rings. The zero-order valence-corrected chi connectivity index (χ0v) is 11.5. The van der Waals surface area contributed by atoms with Gasteiger partial charge in [0.2, 0.25) is 0 Å². The lowest BCUT2D eigenvalue weighted by Gasteiger charge is -2.07. The molecule has 1 heterocycles. The Kier molecular flexibility index (Phi) is 5.10. The lowest BCUT2D eigenvalue weighted by molar-refractivity contribution is 0.523. The highest BCUT2D eigenvalue weighted by Gasteiger charge is 2.11. The second kappa shape index (κ2) is 7.04. The van der Waals surface area contributed by atoms with Gasteiger partial charge in [-0.3, -0.25) is 0 Å². The molecule has 0 unspecified atom stereocenters. The van der Waals surface area contributed by atoms with Gasteiger partial charge >= 0.3 is 0 Å². The normalized spacial score (nSPS) is 10.8. The summed E-state index contributed by atoms with van der Waals surface area (Å²) in [4.78, 5) is 0. The molecule has 0 amide bonds. The Bertz CT molecular complexity index is 490. The van der Waals surface area contributed by atoms with Crippen LogP contribution in [0.1, 0.15) is 43.1 Å². The van der Waals surface area contributed by atoms with Crippen molar-refractivity contribution in [3.63, 3.8) is 0 Å². The van der Waals surface area contributed by atoms with Crippen molar-refractivity contribution < 1.29 is 0 Å². The molecule has 0 bridgehead atoms. The first-order valence-corrected chi connectivity index (χ1v) is 7.00. The molecule has 0 saturated heterocycles. The third-order valence-corrected chi connectivity index (χ3v) is 3.30. The topological polar surface area (TPSA) is 56.7 Å². The number of hydrogen-bond donors (Lipinski definition) is 1. The summed E-state index contributed by atoms with van der Waals surface area (Å²) in [6.07, 6.45) is 4.44. The minimum atomic E-state index is 0.454. The van der Waals surface area contributed by atoms with Crippen molar-refractivity contribution in [3.05, 3.63) is 47.3 Å². The number of benzene rings is 1. The molecule has 0 aliphatic heterocycles. The summed E-state index contributed by atoms with van der Waals surface area (Å²) in [7, 11) is 0. The molecule has 2 N–H and O–H groups in total. The van der Waals surface area contributed by atoms with E-state index in [9.17, 15) is 0 Å². The molecule has 0 atom stereocenters. The Labute approximate surface area is 114 Å². The third-order valence-electron chi connectivity index (χ3n) is 3.30. The monoisotopic (exact) mass is 258 g/mol. The summed E-state index contributed by atoms with van der Waals surface area (Å²) in [6, 6.07) is 10.4. The van der Waals surface area contributed by atoms with Crippen LogP contribution in [-0.2, 0) is 19.5 Å². The first-order valence-electron chi connectivity index (χ1n) is 7.00. The molecular formula is C15H22N4. The summed E-state index contributed by atoms with van der Waals surface area (Å²) >= 11 is 0. The van der Waals surface area contributed by atoms with Crippen molar-refractivity contribution in [3.8, 4) is 0 Å². The van der Waals surface area contributed by atoms with Crippen LogP contribution in [0.5, 0.6) is 0 Å². The minimum Gasteiger partial charge on any atom is -0.325 e. The fraction of sp³-hybridized carbons (Fsp3) is 0.467. The Hall–Kier alpha value is -1.68. The molecule has 1 aromatic heterocycles. The number of nitrogens with zero attached hydrogens (tertiary/aromatic N) is 3. The van der Waals surface area contributed by atoms with Gasteiger partial charge in [-0.05, 0) is 12.0 Å². The predicted molar refractivity (Wildman–Crippen MR) is 76.7 cm³/mol. The minimum absolute atomic E-state index is 0.454. The first-order chi connectivity index (χ1) is 9.35. The van der Waals surface area contributed by atoms with Crippen molar-refractivity contribution in [1.29, 1.82) is 0 Å². The van der Waals surface area contributed by atoms with E-state index < -0.39 is 0 Å². The van der Waals surface area contributed by atoms with Crippen molar-refractivity contribution in [2.45, 2.75) is 45.7 Å². The molecule has 0 aliphatic carbocycles. The second-order valence-electron chi connectivity index (χ2n) is 4.78. The van der Waals surface area contributed by atoms with Crippen LogP contribution in [0.2, 0.25) is 0 Å². The average Bonchev–Trinajstić information content (AvgIpc) is 2.83. The van der Waals surface area contributed by atoms with Crippen LogP contribution in [0.4, 0.5) is 0 Å². The summed E-state index contributed by atoms with van der Waals surface area (Å²) < 4.78 is 2.02. The van der Waals surface area contributed by atoms with Crippen LogP contribution in [0.25, 0.3) is 0 Å². The van der Waals surface area contributed by atoms with Crippen LogP contribution in [0, 0.1) is 0 Å². The molecule has 0 fully saturated rings. The maximum Gasteiger partial charge on any atom is 0.0998 e. The van der Waals surface area contributed by atoms with Gasteiger partial charge in [0, 0.05) is 19.5 Å². The quantitative estimate of drug-likeness (QED) is 0.776. The van der Waals surface area contributed by atoms with Gasteiger partial charge in [-0.25, -0.2) is 4.68 Å². The van der Waals surface area contributed by atoms with E-state index in [1.165, 1.54) is 18.4 Å². The Morgan fingerprint density at radius 3 is 2.63 bits per heavy atom. The molecule has 0 saturated carbocycles. The fourth-order valence-electron chi connectivity index (χ4n) is 2.20. The molecule has 0 aliphatic rings. The number of rotatable bonds is 7. The smallest absolute Gasteiger partial charge is 0.0998 e. The highest BCUT2D eigenvalue weighted by atomic mass is 15.4. The van der Waals surface area contributed by atoms with E-state index in [2.05, 4.69) is 41.5 Å². The van der Waals surface area contributed by atoms with Crippen molar-refractivity contribution in [2.24, 2.45) is 5.73 Å². The van der Waals surface area contributed by atoms with Crippen molar-refractivity contribution >= 4 is 0 Å². The van der Waals surface area contributed by atoms with Crippen LogP contribution in [0.3, 0.4) is 0 Å². The Balaban J connectivity index is 2.14. The van der Waals surface area contributed by atoms with E-state index in [1.807, 2.05) is 10.7 Å². The molecular weight excluding hydrogens is 236 g/mol. The van der Waals surface area contributed by atoms with Gasteiger partial charge in [-0.1, -0.05) is 55.3 Å². The third kappa shape index (κ3) is 3.64. The summed E-state index contributed by atoms with van der Waals surface area (Å²) in [5, 5.41) is 8.44. The second-order valence-corrected chi connectivity index (χ2v) is 4.78. The first kappa shape index (κ1) is 13.7. The van der Waals surface area contributed by atoms with Crippen LogP contribution >= 0.6 is 0 Å². The van der Waals surface area contributed by atoms with E-state index in [4.69, 9.17) is 5.73 Å². The van der Waals surface area contributed by atoms with E-state index in [0.29, 0.717) is 6.54 Å². The number of nitrogens with two attached hydrogens (primary N) is 1. The number of aryl methyl sites for hydroxylation is 1. The van der Waals surface area contributed by atoms with Crippen LogP contribution < -0.4 is 5.73 Å². The fourth-order valence-corrected chi connectivity index (χ4v) is 2.20. The highest BCUT2D eigenvalue weighted by Crippen LogP contribution is 2.13. The zero-order valence-electron chi connectivity index (χ0n) is 11.5. The summed E-state index contributed by atoms with van der Waals surface area (Å²) in [6.45, 7) is 3.59. The van der Waals surface area contributed by atoms with Gasteiger partial charge in [0.25, 0.3) is 0 Å². The number of hydrogen-bond acceptors (Lipinski definition) is 3. The van der Waals surface area contributed by atoms with Crippen molar-refractivity contribution in [2.75, 3.05) is 0 Å². The zero-order chi connectivity index (χ0) is 13.5. The van der Waals surface area contributed by atoms with Crippen molar-refractivity contribution in [1.82, 2.24) is 15.0 Å². The molecule has 4 nitrogen and oxygen atoms in total. The van der Waals surface area contributed by atoms with E-state index in [0.717, 1.165) is 30.8 Å². The standard InChI is InChI=1S/C15H22N4/c1-2-3-7-10-19-15(14(12-16)17-18-19)11-13-8-5-4-6-9-13/h4-6,8-9H,2-3,7,10-12,16H2,1H3. The van der Waals surface area contributed by atoms with Gasteiger partial charge in [0.1, 0.15) is 0 Å². The van der Waals surface area contributed by atoms with Gasteiger partial charge in [0.05, 0.1) is 11.4 Å². The maximum atomic E-state index is 5.76. The summed E-state index contributed by atoms with van der Waals surface area (Å²) in [5.74, 6) is 0. The van der Waals surface area contributed by atoms with Crippen LogP contribution in [0.15, 0.2) is 30.3 Å². The Morgan fingerprint density at radius 2 is 1.95 bits per heavy atom. The van der Waals surface area contributed by atoms with Gasteiger partial charge in [-0.2, -0.15) is 0 Å². The Morgan fingerprint density at radius 1 is 1.16 bits per heavy atom. The molecule has 102 valence electrons. The van der Waals surface area contributed by atoms with Crippen LogP contribution in [-0.4, -0.2) is 15.0 Å². The molecule has 19 heavy (non-hydrogen) atoms. The molecule has 0 radical (unpaired) electrons. The number of aromatic nitrogens is 3. The number of unbranched alkanes of at least 4 members (excludes halogenated alkanes) is 2. The van der Waals surface area contributed by atoms with E-state index >= 15 is 0 Å². The largest absolute Gasteiger partial charge is 0.325 e. The molecule has 2 rings (SSSR count). The lowest BCUT2D eigenvalue weighted by Crippen LogP contribution is -2.09. The predicted octanol–water partition coefficient (Wildman–Crippen LogP) is 2.52. The molecule has 1 aromatic carbocycles. The van der Waals surface area contributed by atoms with Gasteiger partial charge < -0.3 is 5.73 Å². The molecule has 4 heteroatoms. The SMILES string of the molecule is CCCCCn1nnc(CN)c1Cc1ccccc1. The van der Waals surface area contributed by atoms with Gasteiger partial charge in [-0.15, -0.1) is 5.10 Å². The highest BCUT2D eigenvalue weighted by molar-refractivity contribution is 5.23.